The van der Waals surface area contributed by atoms with Crippen LogP contribution in [0.5, 0.6) is 0 Å². The Labute approximate surface area is 274 Å². The second-order valence-corrected chi connectivity index (χ2v) is 11.8. The van der Waals surface area contributed by atoms with Gasteiger partial charge in [0, 0.05) is 39.0 Å². The van der Waals surface area contributed by atoms with Crippen LogP contribution in [0.2, 0.25) is 0 Å². The number of unbranched alkanes of at least 4 members (excludes halogenated alkanes) is 3. The summed E-state index contributed by atoms with van der Waals surface area (Å²) < 4.78 is 21.4. The number of ketones is 1. The van der Waals surface area contributed by atoms with Crippen molar-refractivity contribution in [1.29, 1.82) is 0 Å². The minimum Gasteiger partial charge on any atom is -0.394 e. The van der Waals surface area contributed by atoms with Crippen LogP contribution in [0.1, 0.15) is 71.1 Å². The lowest BCUT2D eigenvalue weighted by Crippen LogP contribution is -2.59. The van der Waals surface area contributed by atoms with Crippen molar-refractivity contribution in [3.8, 4) is 0 Å². The monoisotopic (exact) mass is 682 g/mol. The second-order valence-electron chi connectivity index (χ2n) is 11.8. The number of carbonyl (C=O) groups is 3. The number of hydrogen-bond donors (Lipinski definition) is 10. The summed E-state index contributed by atoms with van der Waals surface area (Å²) >= 11 is 0. The molecule has 10 N–H and O–H groups in total. The smallest absolute Gasteiger partial charge is 0.220 e. The predicted octanol–water partition coefficient (Wildman–Crippen LogP) is -3.29. The van der Waals surface area contributed by atoms with Crippen LogP contribution < -0.4 is 10.6 Å². The van der Waals surface area contributed by atoms with Gasteiger partial charge >= 0.3 is 0 Å². The third-order valence-electron chi connectivity index (χ3n) is 8.17. The van der Waals surface area contributed by atoms with E-state index in [1.165, 1.54) is 0 Å². The van der Waals surface area contributed by atoms with Gasteiger partial charge in [-0.1, -0.05) is 6.92 Å². The summed E-state index contributed by atoms with van der Waals surface area (Å²) in [7, 11) is 0. The van der Waals surface area contributed by atoms with E-state index < -0.39 is 80.7 Å². The highest BCUT2D eigenvalue weighted by atomic mass is 16.7. The molecule has 47 heavy (non-hydrogen) atoms. The fourth-order valence-electron chi connectivity index (χ4n) is 5.20. The molecule has 2 fully saturated rings. The maximum atomic E-state index is 12.5. The summed E-state index contributed by atoms with van der Waals surface area (Å²) in [5.41, 5.74) is 0. The SMILES string of the molecule is CCC(=O)[C@H](CCCCNC(=O)CCCCOC1OC(CO)C(O)C(O)C1O)NC(=O)CCCCOC1OC(CO)C(O)C(O)C1O. The van der Waals surface area contributed by atoms with E-state index >= 15 is 0 Å². The van der Waals surface area contributed by atoms with Gasteiger partial charge in [-0.15, -0.1) is 0 Å². The molecule has 0 aromatic heterocycles. The summed E-state index contributed by atoms with van der Waals surface area (Å²) in [6.07, 6.45) is -9.48. The van der Waals surface area contributed by atoms with Crippen LogP contribution in [0.4, 0.5) is 0 Å². The van der Waals surface area contributed by atoms with Gasteiger partial charge in [0.1, 0.15) is 48.8 Å². The molecule has 0 aromatic rings. The molecule has 0 aromatic carbocycles. The molecule has 0 aliphatic carbocycles. The molecule has 2 saturated heterocycles. The first-order chi connectivity index (χ1) is 22.4. The maximum absolute atomic E-state index is 12.5. The van der Waals surface area contributed by atoms with Crippen LogP contribution in [0.25, 0.3) is 0 Å². The molecule has 274 valence electrons. The summed E-state index contributed by atoms with van der Waals surface area (Å²) in [6.45, 7) is 1.23. The Morgan fingerprint density at radius 3 is 1.62 bits per heavy atom. The molecule has 2 amide bonds. The predicted molar refractivity (Wildman–Crippen MR) is 161 cm³/mol. The molecule has 0 radical (unpaired) electrons. The first-order valence-electron chi connectivity index (χ1n) is 16.4. The maximum Gasteiger partial charge on any atom is 0.220 e. The van der Waals surface area contributed by atoms with Crippen molar-refractivity contribution in [3.63, 3.8) is 0 Å². The lowest BCUT2D eigenvalue weighted by molar-refractivity contribution is -0.301. The number of carbonyl (C=O) groups excluding carboxylic acids is 3. The van der Waals surface area contributed by atoms with E-state index in [4.69, 9.17) is 18.9 Å². The molecule has 0 bridgehead atoms. The van der Waals surface area contributed by atoms with Crippen LogP contribution >= 0.6 is 0 Å². The van der Waals surface area contributed by atoms with Crippen LogP contribution in [0.3, 0.4) is 0 Å². The number of hydrogen-bond acceptors (Lipinski definition) is 15. The van der Waals surface area contributed by atoms with E-state index in [0.717, 1.165) is 0 Å². The van der Waals surface area contributed by atoms with Gasteiger partial charge in [-0.3, -0.25) is 14.4 Å². The Bertz CT molecular complexity index is 926. The van der Waals surface area contributed by atoms with Crippen LogP contribution in [-0.2, 0) is 33.3 Å². The summed E-state index contributed by atoms with van der Waals surface area (Å²) in [5, 5.41) is 83.3. The molecular weight excluding hydrogens is 628 g/mol. The highest BCUT2D eigenvalue weighted by Gasteiger charge is 2.45. The van der Waals surface area contributed by atoms with E-state index in [2.05, 4.69) is 10.6 Å². The van der Waals surface area contributed by atoms with Crippen molar-refractivity contribution in [2.45, 2.75) is 139 Å². The van der Waals surface area contributed by atoms with Gasteiger partial charge < -0.3 is 70.4 Å². The Morgan fingerprint density at radius 2 is 1.15 bits per heavy atom. The minimum atomic E-state index is -1.53. The van der Waals surface area contributed by atoms with Crippen LogP contribution in [-0.4, -0.2) is 159 Å². The molecular formula is C30H54N2O15. The van der Waals surface area contributed by atoms with E-state index in [0.29, 0.717) is 51.5 Å². The average Bonchev–Trinajstić information content (AvgIpc) is 3.06. The molecule has 10 unspecified atom stereocenters. The Hall–Kier alpha value is -1.87. The molecule has 11 atom stereocenters. The average molecular weight is 683 g/mol. The van der Waals surface area contributed by atoms with Crippen LogP contribution in [0.15, 0.2) is 0 Å². The first-order valence-corrected chi connectivity index (χ1v) is 16.4. The fourth-order valence-corrected chi connectivity index (χ4v) is 5.20. The van der Waals surface area contributed by atoms with Crippen molar-refractivity contribution in [2.24, 2.45) is 0 Å². The Morgan fingerprint density at radius 1 is 0.660 bits per heavy atom. The van der Waals surface area contributed by atoms with E-state index in [1.54, 1.807) is 6.92 Å². The van der Waals surface area contributed by atoms with E-state index in [1.807, 2.05) is 0 Å². The highest BCUT2D eigenvalue weighted by Crippen LogP contribution is 2.23. The number of Topliss-reactive ketones (excluding diaryl/α,β-unsaturated/α-hetero) is 1. The Kier molecular flexibility index (Phi) is 19.3. The zero-order valence-electron chi connectivity index (χ0n) is 26.9. The molecule has 2 heterocycles. The molecule has 17 nitrogen and oxygen atoms in total. The molecule has 2 aliphatic heterocycles. The van der Waals surface area contributed by atoms with E-state index in [9.17, 15) is 55.2 Å². The van der Waals surface area contributed by atoms with Gasteiger partial charge in [0.15, 0.2) is 18.4 Å². The van der Waals surface area contributed by atoms with Crippen LogP contribution in [0, 0.1) is 0 Å². The van der Waals surface area contributed by atoms with Crippen molar-refractivity contribution < 1.29 is 74.2 Å². The quantitative estimate of drug-likeness (QED) is 0.0501. The molecule has 17 heteroatoms. The third kappa shape index (κ3) is 13.5. The molecule has 0 saturated carbocycles. The highest BCUT2D eigenvalue weighted by molar-refractivity contribution is 5.88. The largest absolute Gasteiger partial charge is 0.394 e. The van der Waals surface area contributed by atoms with E-state index in [-0.39, 0.29) is 50.1 Å². The number of ether oxygens (including phenoxy) is 4. The summed E-state index contributed by atoms with van der Waals surface area (Å²) in [4.78, 5) is 37.0. The van der Waals surface area contributed by atoms with Gasteiger partial charge in [-0.25, -0.2) is 0 Å². The van der Waals surface area contributed by atoms with Crippen molar-refractivity contribution in [1.82, 2.24) is 10.6 Å². The normalized spacial score (nSPS) is 31.7. The number of nitrogens with one attached hydrogen (secondary N) is 2. The number of aliphatic hydroxyl groups excluding tert-OH is 8. The van der Waals surface area contributed by atoms with Gasteiger partial charge in [0.2, 0.25) is 11.8 Å². The fraction of sp³-hybridized carbons (Fsp3) is 0.900. The number of amides is 2. The molecule has 0 spiro atoms. The van der Waals surface area contributed by atoms with Crippen molar-refractivity contribution >= 4 is 17.6 Å². The topological polar surface area (TPSA) is 274 Å². The zero-order chi connectivity index (χ0) is 34.9. The Balaban J connectivity index is 1.55. The van der Waals surface area contributed by atoms with Gasteiger partial charge in [0.25, 0.3) is 0 Å². The minimum absolute atomic E-state index is 0.0922. The lowest BCUT2D eigenvalue weighted by Gasteiger charge is -2.39. The molecule has 2 rings (SSSR count). The zero-order valence-corrected chi connectivity index (χ0v) is 26.9. The third-order valence-corrected chi connectivity index (χ3v) is 8.17. The van der Waals surface area contributed by atoms with Gasteiger partial charge in [0.05, 0.1) is 19.3 Å². The first kappa shape index (κ1) is 41.3. The second kappa shape index (κ2) is 22.0. The number of rotatable bonds is 22. The van der Waals surface area contributed by atoms with Gasteiger partial charge in [-0.05, 0) is 44.9 Å². The summed E-state index contributed by atoms with van der Waals surface area (Å²) in [5.74, 6) is -0.560. The molecule has 2 aliphatic rings. The standard InChI is InChI=1S/C30H54N2O15/c1-2-18(35)17(32-22(37)11-5-8-14-45-30-28(43)26(41)24(39)20(16-34)47-30)9-3-6-12-31-21(36)10-4-7-13-44-29-27(42)25(40)23(38)19(15-33)46-29/h17,19-20,23-30,33-34,38-43H,2-16H2,1H3,(H,31,36)(H,32,37)/t17-,19?,20?,23?,24?,25?,26?,27?,28?,29?,30?/m0/s1. The lowest BCUT2D eigenvalue weighted by atomic mass is 9.99. The van der Waals surface area contributed by atoms with Crippen molar-refractivity contribution in [3.05, 3.63) is 0 Å². The number of aliphatic hydroxyl groups is 8. The van der Waals surface area contributed by atoms with Crippen molar-refractivity contribution in [2.75, 3.05) is 33.0 Å². The van der Waals surface area contributed by atoms with Gasteiger partial charge in [-0.2, -0.15) is 0 Å². The summed E-state index contributed by atoms with van der Waals surface area (Å²) in [6, 6.07) is -0.641.